The van der Waals surface area contributed by atoms with E-state index in [0.29, 0.717) is 17.8 Å². The average molecular weight is 349 g/mol. The summed E-state index contributed by atoms with van der Waals surface area (Å²) in [5.74, 6) is 1.82. The summed E-state index contributed by atoms with van der Waals surface area (Å²) in [6, 6.07) is 17.3. The summed E-state index contributed by atoms with van der Waals surface area (Å²) in [4.78, 5) is 15.7. The van der Waals surface area contributed by atoms with Gasteiger partial charge in [-0.2, -0.15) is 0 Å². The van der Waals surface area contributed by atoms with Gasteiger partial charge in [0, 0.05) is 30.1 Å². The van der Waals surface area contributed by atoms with Crippen molar-refractivity contribution in [3.05, 3.63) is 59.7 Å². The lowest BCUT2D eigenvalue weighted by Gasteiger charge is -2.38. The van der Waals surface area contributed by atoms with Crippen LogP contribution in [0.1, 0.15) is 41.6 Å². The van der Waals surface area contributed by atoms with Gasteiger partial charge in [0.15, 0.2) is 17.3 Å². The number of benzene rings is 2. The maximum Gasteiger partial charge on any atom is 0.231 e. The lowest BCUT2D eigenvalue weighted by molar-refractivity contribution is 0.0678. The number of piperidine rings is 1. The minimum absolute atomic E-state index is 0.125. The molecule has 3 heterocycles. The molecule has 0 amide bonds. The van der Waals surface area contributed by atoms with E-state index in [-0.39, 0.29) is 18.5 Å². The molecule has 134 valence electrons. The number of rotatable bonds is 4. The Morgan fingerprint density at radius 2 is 1.69 bits per heavy atom. The van der Waals surface area contributed by atoms with Crippen molar-refractivity contribution in [2.75, 3.05) is 6.79 Å². The van der Waals surface area contributed by atoms with Crippen LogP contribution in [0.3, 0.4) is 0 Å². The Bertz CT molecular complexity index is 805. The summed E-state index contributed by atoms with van der Waals surface area (Å²) in [5.41, 5.74) is 2.13. The van der Waals surface area contributed by atoms with E-state index in [1.54, 1.807) is 0 Å². The zero-order valence-electron chi connectivity index (χ0n) is 14.8. The van der Waals surface area contributed by atoms with Gasteiger partial charge in [0.25, 0.3) is 0 Å². The van der Waals surface area contributed by atoms with Crippen molar-refractivity contribution < 1.29 is 14.3 Å². The molecule has 2 bridgehead atoms. The summed E-state index contributed by atoms with van der Waals surface area (Å²) in [6.45, 7) is 1.25. The fraction of sp³-hybridized carbons (Fsp3) is 0.409. The first-order chi connectivity index (χ1) is 12.8. The molecule has 0 spiro atoms. The first kappa shape index (κ1) is 15.9. The smallest absolute Gasteiger partial charge is 0.231 e. The van der Waals surface area contributed by atoms with Crippen molar-refractivity contribution >= 4 is 5.78 Å². The summed E-state index contributed by atoms with van der Waals surface area (Å²) < 4.78 is 10.8. The van der Waals surface area contributed by atoms with E-state index < -0.39 is 0 Å². The summed E-state index contributed by atoms with van der Waals surface area (Å²) in [7, 11) is 0. The third kappa shape index (κ3) is 2.78. The Morgan fingerprint density at radius 1 is 0.962 bits per heavy atom. The SMILES string of the molecule is O=C(c1ccc2c(c1)OCO2)C1CC2CCC(C1)N2Cc1ccccc1. The number of ketones is 1. The number of carbonyl (C=O) groups excluding carboxylic acids is 1. The number of carbonyl (C=O) groups is 1. The Kier molecular flexibility index (Phi) is 3.93. The van der Waals surface area contributed by atoms with E-state index in [9.17, 15) is 4.79 Å². The molecule has 2 atom stereocenters. The van der Waals surface area contributed by atoms with E-state index >= 15 is 0 Å². The second-order valence-corrected chi connectivity index (χ2v) is 7.64. The molecular weight excluding hydrogens is 326 g/mol. The highest BCUT2D eigenvalue weighted by molar-refractivity contribution is 5.98. The maximum atomic E-state index is 13.1. The van der Waals surface area contributed by atoms with Crippen molar-refractivity contribution in [2.24, 2.45) is 5.92 Å². The molecule has 2 unspecified atom stereocenters. The summed E-state index contributed by atoms with van der Waals surface area (Å²) >= 11 is 0. The molecule has 0 N–H and O–H groups in total. The standard InChI is InChI=1S/C22H23NO3/c24-22(16-6-9-20-21(12-16)26-14-25-20)17-10-18-7-8-19(11-17)23(18)13-15-4-2-1-3-5-15/h1-6,9,12,17-19H,7-8,10-11,13-14H2. The second-order valence-electron chi connectivity index (χ2n) is 7.64. The Morgan fingerprint density at radius 3 is 2.46 bits per heavy atom. The van der Waals surface area contributed by atoms with Gasteiger partial charge < -0.3 is 9.47 Å². The van der Waals surface area contributed by atoms with Crippen LogP contribution in [-0.2, 0) is 6.54 Å². The molecule has 4 heteroatoms. The number of ether oxygens (including phenoxy) is 2. The molecule has 0 aliphatic carbocycles. The maximum absolute atomic E-state index is 13.1. The van der Waals surface area contributed by atoms with Gasteiger partial charge in [-0.25, -0.2) is 0 Å². The highest BCUT2D eigenvalue weighted by Gasteiger charge is 2.42. The van der Waals surface area contributed by atoms with E-state index in [0.717, 1.165) is 30.7 Å². The van der Waals surface area contributed by atoms with Gasteiger partial charge in [-0.05, 0) is 49.4 Å². The average Bonchev–Trinajstić information content (AvgIpc) is 3.22. The van der Waals surface area contributed by atoms with Crippen LogP contribution in [0, 0.1) is 5.92 Å². The summed E-state index contributed by atoms with van der Waals surface area (Å²) in [6.07, 6.45) is 4.36. The van der Waals surface area contributed by atoms with Crippen LogP contribution < -0.4 is 9.47 Å². The molecule has 3 aliphatic heterocycles. The monoisotopic (exact) mass is 349 g/mol. The van der Waals surface area contributed by atoms with E-state index in [1.807, 2.05) is 18.2 Å². The zero-order valence-corrected chi connectivity index (χ0v) is 14.8. The molecule has 4 nitrogen and oxygen atoms in total. The third-order valence-electron chi connectivity index (χ3n) is 6.12. The minimum atomic E-state index is 0.125. The Balaban J connectivity index is 1.30. The second kappa shape index (κ2) is 6.44. The topological polar surface area (TPSA) is 38.8 Å². The molecule has 3 aliphatic rings. The molecule has 2 fully saturated rings. The van der Waals surface area contributed by atoms with Crippen molar-refractivity contribution in [3.63, 3.8) is 0 Å². The van der Waals surface area contributed by atoms with E-state index in [2.05, 4.69) is 35.2 Å². The minimum Gasteiger partial charge on any atom is -0.454 e. The first-order valence-corrected chi connectivity index (χ1v) is 9.51. The van der Waals surface area contributed by atoms with Gasteiger partial charge in [0.2, 0.25) is 6.79 Å². The van der Waals surface area contributed by atoms with Crippen molar-refractivity contribution in [1.82, 2.24) is 4.90 Å². The van der Waals surface area contributed by atoms with Gasteiger partial charge >= 0.3 is 0 Å². The molecule has 0 radical (unpaired) electrons. The van der Waals surface area contributed by atoms with E-state index in [4.69, 9.17) is 9.47 Å². The van der Waals surface area contributed by atoms with Gasteiger partial charge in [0.1, 0.15) is 0 Å². The predicted molar refractivity (Wildman–Crippen MR) is 98.4 cm³/mol. The first-order valence-electron chi connectivity index (χ1n) is 9.51. The molecule has 0 saturated carbocycles. The Hall–Kier alpha value is -2.33. The van der Waals surface area contributed by atoms with Gasteiger partial charge in [-0.15, -0.1) is 0 Å². The number of Topliss-reactive ketones (excluding diaryl/α,β-unsaturated/α-hetero) is 1. The predicted octanol–water partition coefficient (Wildman–Crippen LogP) is 4.04. The van der Waals surface area contributed by atoms with Crippen molar-refractivity contribution in [2.45, 2.75) is 44.3 Å². The largest absolute Gasteiger partial charge is 0.454 e. The van der Waals surface area contributed by atoms with Crippen LogP contribution in [-0.4, -0.2) is 29.6 Å². The fourth-order valence-corrected chi connectivity index (χ4v) is 4.83. The molecule has 0 aromatic heterocycles. The quantitative estimate of drug-likeness (QED) is 0.781. The van der Waals surface area contributed by atoms with Gasteiger partial charge in [0.05, 0.1) is 0 Å². The molecule has 5 rings (SSSR count). The lowest BCUT2D eigenvalue weighted by Crippen LogP contribution is -2.44. The molecular formula is C22H23NO3. The van der Waals surface area contributed by atoms with Crippen molar-refractivity contribution in [3.8, 4) is 11.5 Å². The van der Waals surface area contributed by atoms with Gasteiger partial charge in [-0.1, -0.05) is 30.3 Å². The van der Waals surface area contributed by atoms with Crippen LogP contribution >= 0.6 is 0 Å². The number of fused-ring (bicyclic) bond motifs is 3. The highest BCUT2D eigenvalue weighted by atomic mass is 16.7. The van der Waals surface area contributed by atoms with Crippen LogP contribution in [0.2, 0.25) is 0 Å². The number of hydrogen-bond donors (Lipinski definition) is 0. The van der Waals surface area contributed by atoms with Crippen LogP contribution in [0.4, 0.5) is 0 Å². The normalized spacial score (nSPS) is 26.8. The Labute approximate surface area is 153 Å². The zero-order chi connectivity index (χ0) is 17.5. The molecule has 2 saturated heterocycles. The fourth-order valence-electron chi connectivity index (χ4n) is 4.83. The molecule has 2 aromatic carbocycles. The van der Waals surface area contributed by atoms with Crippen LogP contribution in [0.15, 0.2) is 48.5 Å². The number of hydrogen-bond acceptors (Lipinski definition) is 4. The lowest BCUT2D eigenvalue weighted by atomic mass is 9.84. The van der Waals surface area contributed by atoms with Gasteiger partial charge in [-0.3, -0.25) is 9.69 Å². The number of nitrogens with zero attached hydrogens (tertiary/aromatic N) is 1. The molecule has 2 aromatic rings. The van der Waals surface area contributed by atoms with Crippen molar-refractivity contribution in [1.29, 1.82) is 0 Å². The van der Waals surface area contributed by atoms with Crippen LogP contribution in [0.5, 0.6) is 11.5 Å². The molecule has 26 heavy (non-hydrogen) atoms. The highest BCUT2D eigenvalue weighted by Crippen LogP contribution is 2.41. The van der Waals surface area contributed by atoms with E-state index in [1.165, 1.54) is 18.4 Å². The summed E-state index contributed by atoms with van der Waals surface area (Å²) in [5, 5.41) is 0. The third-order valence-corrected chi connectivity index (χ3v) is 6.12. The van der Waals surface area contributed by atoms with Crippen LogP contribution in [0.25, 0.3) is 0 Å².